The molecular weight excluding hydrogens is 484 g/mol. The van der Waals surface area contributed by atoms with E-state index in [1.807, 2.05) is 19.0 Å². The van der Waals surface area contributed by atoms with Crippen molar-refractivity contribution in [1.82, 2.24) is 14.1 Å². The second-order valence-electron chi connectivity index (χ2n) is 9.22. The number of para-hydroxylation sites is 1. The van der Waals surface area contributed by atoms with Crippen molar-refractivity contribution in [3.05, 3.63) is 65.2 Å². The van der Waals surface area contributed by atoms with E-state index >= 15 is 0 Å². The average Bonchev–Trinajstić information content (AvgIpc) is 3.20. The van der Waals surface area contributed by atoms with Gasteiger partial charge in [0, 0.05) is 51.0 Å². The molecule has 1 saturated heterocycles. The number of sulfonamides is 1. The maximum absolute atomic E-state index is 13.9. The second-order valence-corrected chi connectivity index (χ2v) is 11.4. The number of hydrogen-bond acceptors (Lipinski definition) is 7. The molecule has 4 rings (SSSR count). The first-order valence-corrected chi connectivity index (χ1v) is 12.7. The third-order valence-electron chi connectivity index (χ3n) is 6.62. The van der Waals surface area contributed by atoms with E-state index in [2.05, 4.69) is 0 Å². The monoisotopic (exact) mass is 512 g/mol. The number of rotatable bonds is 6. The number of aliphatic hydroxyl groups excluding tert-OH is 1. The van der Waals surface area contributed by atoms with Crippen LogP contribution in [0, 0.1) is 0 Å². The van der Waals surface area contributed by atoms with Crippen LogP contribution in [0.2, 0.25) is 0 Å². The maximum atomic E-state index is 13.9. The molecule has 0 aliphatic carbocycles. The lowest BCUT2D eigenvalue weighted by atomic mass is 9.82. The zero-order chi connectivity index (χ0) is 26.6. The van der Waals surface area contributed by atoms with E-state index in [0.29, 0.717) is 17.8 Å². The van der Waals surface area contributed by atoms with Crippen molar-refractivity contribution in [2.75, 3.05) is 53.2 Å². The number of amides is 2. The fourth-order valence-electron chi connectivity index (χ4n) is 4.71. The van der Waals surface area contributed by atoms with Crippen LogP contribution in [0.1, 0.15) is 11.1 Å². The third-order valence-corrected chi connectivity index (χ3v) is 8.45. The molecular formula is C25H28N4O6S. The second kappa shape index (κ2) is 8.84. The standard InChI is InChI=1S/C25H28N4O6S/c1-26(2)14-15-29-23(32)22(31)20(25(29)18-8-6-7-9-19(18)28(5)24(25)33)21(30)16-10-12-17(13-11-16)36(34,35)27(3)4/h6-13,30H,14-15H2,1-5H3/b21-20-/t25-/m0/s1. The van der Waals surface area contributed by atoms with Gasteiger partial charge in [-0.05, 0) is 44.4 Å². The lowest BCUT2D eigenvalue weighted by Crippen LogP contribution is -2.52. The van der Waals surface area contributed by atoms with Gasteiger partial charge < -0.3 is 19.8 Å². The Hall–Kier alpha value is -3.54. The summed E-state index contributed by atoms with van der Waals surface area (Å²) in [5.41, 5.74) is -1.12. The van der Waals surface area contributed by atoms with Crippen molar-refractivity contribution in [1.29, 1.82) is 0 Å². The van der Waals surface area contributed by atoms with Crippen molar-refractivity contribution in [3.8, 4) is 0 Å². The predicted molar refractivity (Wildman–Crippen MR) is 134 cm³/mol. The van der Waals surface area contributed by atoms with Crippen molar-refractivity contribution in [2.45, 2.75) is 10.4 Å². The summed E-state index contributed by atoms with van der Waals surface area (Å²) in [6.07, 6.45) is 0. The Morgan fingerprint density at radius 2 is 1.58 bits per heavy atom. The predicted octanol–water partition coefficient (Wildman–Crippen LogP) is 1.05. The number of likely N-dealkylation sites (N-methyl/N-ethyl adjacent to an activating group) is 2. The highest BCUT2D eigenvalue weighted by Crippen LogP contribution is 2.53. The molecule has 0 unspecified atom stereocenters. The van der Waals surface area contributed by atoms with Gasteiger partial charge in [0.2, 0.25) is 10.0 Å². The summed E-state index contributed by atoms with van der Waals surface area (Å²) in [4.78, 5) is 45.0. The summed E-state index contributed by atoms with van der Waals surface area (Å²) in [6.45, 7) is 0.452. The number of aliphatic hydroxyl groups is 1. The summed E-state index contributed by atoms with van der Waals surface area (Å²) in [5, 5.41) is 11.4. The smallest absolute Gasteiger partial charge is 0.296 e. The fraction of sp³-hybridized carbons (Fsp3) is 0.320. The van der Waals surface area contributed by atoms with Crippen molar-refractivity contribution in [3.63, 3.8) is 0 Å². The van der Waals surface area contributed by atoms with E-state index in [4.69, 9.17) is 0 Å². The van der Waals surface area contributed by atoms with Gasteiger partial charge in [-0.2, -0.15) is 0 Å². The van der Waals surface area contributed by atoms with E-state index in [0.717, 1.165) is 4.31 Å². The Kier molecular flexibility index (Phi) is 6.27. The molecule has 36 heavy (non-hydrogen) atoms. The van der Waals surface area contributed by atoms with Crippen LogP contribution in [0.5, 0.6) is 0 Å². The molecule has 1 fully saturated rings. The Morgan fingerprint density at radius 1 is 0.972 bits per heavy atom. The van der Waals surface area contributed by atoms with E-state index in [1.54, 1.807) is 31.3 Å². The van der Waals surface area contributed by atoms with Gasteiger partial charge in [-0.1, -0.05) is 18.2 Å². The number of carbonyl (C=O) groups excluding carboxylic acids is 3. The van der Waals surface area contributed by atoms with Crippen LogP contribution in [-0.4, -0.2) is 93.6 Å². The minimum absolute atomic E-state index is 0.00720. The maximum Gasteiger partial charge on any atom is 0.296 e. The summed E-state index contributed by atoms with van der Waals surface area (Å²) < 4.78 is 25.9. The van der Waals surface area contributed by atoms with Crippen LogP contribution >= 0.6 is 0 Å². The third kappa shape index (κ3) is 3.54. The largest absolute Gasteiger partial charge is 0.507 e. The molecule has 0 saturated carbocycles. The van der Waals surface area contributed by atoms with Gasteiger partial charge in [0.25, 0.3) is 17.6 Å². The van der Waals surface area contributed by atoms with Gasteiger partial charge >= 0.3 is 0 Å². The number of fused-ring (bicyclic) bond motifs is 2. The Balaban J connectivity index is 1.97. The highest BCUT2D eigenvalue weighted by Gasteiger charge is 2.66. The summed E-state index contributed by atoms with van der Waals surface area (Å²) in [7, 11) is 4.26. The number of carbonyl (C=O) groups is 3. The summed E-state index contributed by atoms with van der Waals surface area (Å²) >= 11 is 0. The molecule has 190 valence electrons. The van der Waals surface area contributed by atoms with Gasteiger partial charge in [0.05, 0.1) is 10.5 Å². The molecule has 1 spiro atoms. The normalized spacial score (nSPS) is 21.4. The van der Waals surface area contributed by atoms with Gasteiger partial charge in [-0.3, -0.25) is 14.4 Å². The molecule has 2 aliphatic heterocycles. The number of hydrogen-bond donors (Lipinski definition) is 1. The first kappa shape index (κ1) is 25.5. The van der Waals surface area contributed by atoms with Gasteiger partial charge in [0.1, 0.15) is 5.76 Å². The van der Waals surface area contributed by atoms with Crippen LogP contribution < -0.4 is 4.90 Å². The highest BCUT2D eigenvalue weighted by atomic mass is 32.2. The lowest BCUT2D eigenvalue weighted by Gasteiger charge is -2.34. The molecule has 2 heterocycles. The van der Waals surface area contributed by atoms with Crippen molar-refractivity contribution in [2.24, 2.45) is 0 Å². The van der Waals surface area contributed by atoms with Gasteiger partial charge in [0.15, 0.2) is 5.54 Å². The minimum atomic E-state index is -3.72. The quantitative estimate of drug-likeness (QED) is 0.349. The number of Topliss-reactive ketones (excluding diaryl/α,β-unsaturated/α-hetero) is 1. The van der Waals surface area contributed by atoms with E-state index in [9.17, 15) is 27.9 Å². The number of anilines is 1. The molecule has 0 radical (unpaired) electrons. The number of nitrogens with zero attached hydrogens (tertiary/aromatic N) is 4. The molecule has 10 nitrogen and oxygen atoms in total. The van der Waals surface area contributed by atoms with Gasteiger partial charge in [-0.15, -0.1) is 0 Å². The molecule has 2 aromatic rings. The molecule has 2 aromatic carbocycles. The van der Waals surface area contributed by atoms with Crippen LogP contribution in [0.15, 0.2) is 59.0 Å². The molecule has 0 aromatic heterocycles. The zero-order valence-electron chi connectivity index (χ0n) is 20.7. The first-order valence-electron chi connectivity index (χ1n) is 11.2. The van der Waals surface area contributed by atoms with E-state index in [1.165, 1.54) is 48.2 Å². The highest BCUT2D eigenvalue weighted by molar-refractivity contribution is 7.89. The Labute approximate surface area is 210 Å². The van der Waals surface area contributed by atoms with Crippen LogP contribution in [-0.2, 0) is 29.9 Å². The van der Waals surface area contributed by atoms with Crippen molar-refractivity contribution < 1.29 is 27.9 Å². The molecule has 11 heteroatoms. The van der Waals surface area contributed by atoms with E-state index in [-0.39, 0.29) is 22.6 Å². The van der Waals surface area contributed by atoms with Gasteiger partial charge in [-0.25, -0.2) is 12.7 Å². The zero-order valence-corrected chi connectivity index (χ0v) is 21.5. The van der Waals surface area contributed by atoms with Crippen LogP contribution in [0.3, 0.4) is 0 Å². The first-order chi connectivity index (χ1) is 16.9. The number of likely N-dealkylation sites (tertiary alicyclic amines) is 1. The molecule has 1 atom stereocenters. The molecule has 1 N–H and O–H groups in total. The average molecular weight is 513 g/mol. The Morgan fingerprint density at radius 3 is 2.17 bits per heavy atom. The molecule has 2 amide bonds. The number of ketones is 1. The summed E-state index contributed by atoms with van der Waals surface area (Å²) in [6, 6.07) is 12.1. The SMILES string of the molecule is CN(C)CCN1C(=O)C(=O)/C(=C(/O)c2ccc(S(=O)(=O)N(C)C)cc2)[C@@]12C(=O)N(C)c1ccccc12. The minimum Gasteiger partial charge on any atom is -0.507 e. The van der Waals surface area contributed by atoms with Crippen molar-refractivity contribution >= 4 is 39.1 Å². The molecule has 2 aliphatic rings. The number of benzene rings is 2. The van der Waals surface area contributed by atoms with Crippen LogP contribution in [0.25, 0.3) is 5.76 Å². The Bertz CT molecular complexity index is 1400. The van der Waals surface area contributed by atoms with Crippen LogP contribution in [0.4, 0.5) is 5.69 Å². The lowest BCUT2D eigenvalue weighted by molar-refractivity contribution is -0.143. The van der Waals surface area contributed by atoms with E-state index < -0.39 is 38.9 Å². The fourth-order valence-corrected chi connectivity index (χ4v) is 5.61. The summed E-state index contributed by atoms with van der Waals surface area (Å²) in [5.74, 6) is -2.94. The topological polar surface area (TPSA) is 119 Å². The molecule has 0 bridgehead atoms.